The van der Waals surface area contributed by atoms with Gasteiger partial charge in [-0.3, -0.25) is 0 Å². The maximum absolute atomic E-state index is 12.9. The molecule has 98 valence electrons. The first-order valence-electron chi connectivity index (χ1n) is 5.99. The Kier molecular flexibility index (Phi) is 2.62. The normalized spacial score (nSPS) is 17.1. The molecular weight excluding hydrogens is 248 g/mol. The molecule has 1 aromatic carbocycles. The van der Waals surface area contributed by atoms with E-state index < -0.39 is 5.92 Å². The van der Waals surface area contributed by atoms with Gasteiger partial charge in [-0.2, -0.15) is 0 Å². The molecule has 1 saturated heterocycles. The van der Waals surface area contributed by atoms with Crippen molar-refractivity contribution in [3.05, 3.63) is 42.6 Å². The fourth-order valence-corrected chi connectivity index (χ4v) is 2.25. The molecule has 2 heterocycles. The number of benzene rings is 1. The van der Waals surface area contributed by atoms with E-state index in [0.717, 1.165) is 11.1 Å². The van der Waals surface area contributed by atoms with Crippen molar-refractivity contribution in [1.29, 1.82) is 0 Å². The Labute approximate surface area is 109 Å². The van der Waals surface area contributed by atoms with Crippen LogP contribution < -0.4 is 10.6 Å². The van der Waals surface area contributed by atoms with Gasteiger partial charge in [0.2, 0.25) is 0 Å². The Morgan fingerprint density at radius 2 is 1.79 bits per heavy atom. The molecule has 3 nitrogen and oxygen atoms in total. The summed E-state index contributed by atoms with van der Waals surface area (Å²) in [6.07, 6.45) is 1.60. The van der Waals surface area contributed by atoms with Crippen LogP contribution in [0.3, 0.4) is 0 Å². The van der Waals surface area contributed by atoms with Gasteiger partial charge >= 0.3 is 0 Å². The van der Waals surface area contributed by atoms with Crippen LogP contribution in [0, 0.1) is 0 Å². The largest absolute Gasteiger partial charge is 0.395 e. The first-order valence-corrected chi connectivity index (χ1v) is 5.99. The lowest BCUT2D eigenvalue weighted by atomic mass is 10.0. The monoisotopic (exact) mass is 261 g/mol. The summed E-state index contributed by atoms with van der Waals surface area (Å²) in [6.45, 7) is -0.634. The maximum Gasteiger partial charge on any atom is 0.282 e. The Morgan fingerprint density at radius 3 is 2.42 bits per heavy atom. The number of hydrogen-bond donors (Lipinski definition) is 1. The molecule has 3 rings (SSSR count). The second-order valence-electron chi connectivity index (χ2n) is 4.67. The van der Waals surface area contributed by atoms with E-state index in [4.69, 9.17) is 5.73 Å². The van der Waals surface area contributed by atoms with Gasteiger partial charge in [0.25, 0.3) is 5.92 Å². The lowest BCUT2D eigenvalue weighted by molar-refractivity contribution is -0.0266. The summed E-state index contributed by atoms with van der Waals surface area (Å²) in [5.41, 5.74) is 8.29. The van der Waals surface area contributed by atoms with Crippen LogP contribution in [0.5, 0.6) is 0 Å². The number of pyridine rings is 1. The average molecular weight is 261 g/mol. The van der Waals surface area contributed by atoms with Crippen molar-refractivity contribution >= 4 is 11.5 Å². The van der Waals surface area contributed by atoms with Crippen LogP contribution in [0.25, 0.3) is 11.1 Å². The quantitative estimate of drug-likeness (QED) is 0.903. The minimum Gasteiger partial charge on any atom is -0.395 e. The molecule has 5 heteroatoms. The van der Waals surface area contributed by atoms with Gasteiger partial charge in [-0.05, 0) is 11.6 Å². The van der Waals surface area contributed by atoms with Crippen LogP contribution in [0.2, 0.25) is 0 Å². The molecule has 0 radical (unpaired) electrons. The number of halogens is 2. The molecule has 0 amide bonds. The molecule has 0 atom stereocenters. The minimum absolute atomic E-state index is 0.317. The molecule has 2 N–H and O–H groups in total. The molecule has 0 bridgehead atoms. The van der Waals surface area contributed by atoms with Crippen molar-refractivity contribution < 1.29 is 8.78 Å². The summed E-state index contributed by atoms with van der Waals surface area (Å²) in [6, 6.07) is 11.4. The zero-order valence-corrected chi connectivity index (χ0v) is 10.2. The number of aromatic nitrogens is 1. The van der Waals surface area contributed by atoms with Crippen molar-refractivity contribution in [3.63, 3.8) is 0 Å². The van der Waals surface area contributed by atoms with Gasteiger partial charge in [0.1, 0.15) is 0 Å². The van der Waals surface area contributed by atoms with Gasteiger partial charge in [-0.15, -0.1) is 0 Å². The molecule has 0 unspecified atom stereocenters. The highest BCUT2D eigenvalue weighted by atomic mass is 19.3. The number of nitrogen functional groups attached to an aromatic ring is 1. The Hall–Kier alpha value is -2.17. The summed E-state index contributed by atoms with van der Waals surface area (Å²) in [4.78, 5) is 5.62. The third-order valence-electron chi connectivity index (χ3n) is 3.20. The smallest absolute Gasteiger partial charge is 0.282 e. The minimum atomic E-state index is -2.63. The molecule has 1 aliphatic rings. The number of alkyl halides is 2. The summed E-state index contributed by atoms with van der Waals surface area (Å²) < 4.78 is 25.8. The third kappa shape index (κ3) is 2.12. The predicted molar refractivity (Wildman–Crippen MR) is 71.2 cm³/mol. The van der Waals surface area contributed by atoms with Crippen molar-refractivity contribution in [2.45, 2.75) is 5.92 Å². The van der Waals surface area contributed by atoms with Crippen molar-refractivity contribution in [2.24, 2.45) is 0 Å². The van der Waals surface area contributed by atoms with Gasteiger partial charge in [-0.25, -0.2) is 13.8 Å². The lowest BCUT2D eigenvalue weighted by Crippen LogP contribution is -2.56. The van der Waals surface area contributed by atoms with Crippen LogP contribution in [0.1, 0.15) is 0 Å². The van der Waals surface area contributed by atoms with Gasteiger partial charge in [0.05, 0.1) is 18.8 Å². The van der Waals surface area contributed by atoms with Gasteiger partial charge in [-0.1, -0.05) is 30.3 Å². The van der Waals surface area contributed by atoms with E-state index in [1.165, 1.54) is 4.90 Å². The summed E-state index contributed by atoms with van der Waals surface area (Å²) >= 11 is 0. The molecular formula is C14H13F2N3. The van der Waals surface area contributed by atoms with Crippen molar-refractivity contribution in [3.8, 4) is 11.1 Å². The number of hydrogen-bond acceptors (Lipinski definition) is 3. The van der Waals surface area contributed by atoms with Crippen molar-refractivity contribution in [2.75, 3.05) is 23.7 Å². The van der Waals surface area contributed by atoms with Crippen molar-refractivity contribution in [1.82, 2.24) is 4.98 Å². The van der Waals surface area contributed by atoms with E-state index in [1.54, 1.807) is 12.3 Å². The topological polar surface area (TPSA) is 42.1 Å². The number of nitrogens with zero attached hydrogens (tertiary/aromatic N) is 2. The number of rotatable bonds is 2. The van der Waals surface area contributed by atoms with Crippen LogP contribution in [-0.4, -0.2) is 24.0 Å². The Bertz CT molecular complexity index is 591. The molecule has 19 heavy (non-hydrogen) atoms. The van der Waals surface area contributed by atoms with E-state index >= 15 is 0 Å². The maximum atomic E-state index is 12.9. The van der Waals surface area contributed by atoms with Crippen LogP contribution in [0.15, 0.2) is 42.6 Å². The average Bonchev–Trinajstić information content (AvgIpc) is 2.37. The second kappa shape index (κ2) is 4.19. The molecule has 1 aliphatic heterocycles. The summed E-state index contributed by atoms with van der Waals surface area (Å²) in [5, 5.41) is 0. The van der Waals surface area contributed by atoms with Crippen LogP contribution in [-0.2, 0) is 0 Å². The zero-order chi connectivity index (χ0) is 13.5. The lowest BCUT2D eigenvalue weighted by Gasteiger charge is -2.40. The highest BCUT2D eigenvalue weighted by molar-refractivity contribution is 5.84. The molecule has 0 spiro atoms. The SMILES string of the molecule is Nc1c(-c2ccccc2)ccnc1N1CC(F)(F)C1. The first kappa shape index (κ1) is 11.9. The van der Waals surface area contributed by atoms with E-state index in [-0.39, 0.29) is 13.1 Å². The van der Waals surface area contributed by atoms with Gasteiger partial charge in [0.15, 0.2) is 5.82 Å². The van der Waals surface area contributed by atoms with Crippen LogP contribution >= 0.6 is 0 Å². The molecule has 0 aliphatic carbocycles. The fraction of sp³-hybridized carbons (Fsp3) is 0.214. The highest BCUT2D eigenvalue weighted by Gasteiger charge is 2.45. The second-order valence-corrected chi connectivity index (χ2v) is 4.67. The van der Waals surface area contributed by atoms with E-state index in [9.17, 15) is 8.78 Å². The molecule has 0 saturated carbocycles. The summed E-state index contributed by atoms with van der Waals surface area (Å²) in [7, 11) is 0. The zero-order valence-electron chi connectivity index (χ0n) is 10.2. The first-order chi connectivity index (χ1) is 9.07. The Balaban J connectivity index is 1.96. The molecule has 1 fully saturated rings. The van der Waals surface area contributed by atoms with Gasteiger partial charge < -0.3 is 10.6 Å². The highest BCUT2D eigenvalue weighted by Crippen LogP contribution is 2.37. The van der Waals surface area contributed by atoms with Crippen LogP contribution in [0.4, 0.5) is 20.3 Å². The fourth-order valence-electron chi connectivity index (χ4n) is 2.25. The Morgan fingerprint density at radius 1 is 1.11 bits per heavy atom. The van der Waals surface area contributed by atoms with E-state index in [1.807, 2.05) is 30.3 Å². The van der Waals surface area contributed by atoms with Gasteiger partial charge in [0, 0.05) is 11.8 Å². The predicted octanol–water partition coefficient (Wildman–Crippen LogP) is 2.79. The number of anilines is 2. The van der Waals surface area contributed by atoms with E-state index in [2.05, 4.69) is 4.98 Å². The molecule has 1 aromatic heterocycles. The third-order valence-corrected chi connectivity index (χ3v) is 3.20. The van der Waals surface area contributed by atoms with E-state index in [0.29, 0.717) is 11.5 Å². The standard InChI is InChI=1S/C14H13F2N3/c15-14(16)8-19(9-14)13-12(17)11(6-7-18-13)10-4-2-1-3-5-10/h1-7H,8-9,17H2. The summed E-state index contributed by atoms with van der Waals surface area (Å²) in [5.74, 6) is -2.19. The number of nitrogens with two attached hydrogens (primary N) is 1. The molecule has 2 aromatic rings.